The van der Waals surface area contributed by atoms with Gasteiger partial charge < -0.3 is 19.5 Å². The summed E-state index contributed by atoms with van der Waals surface area (Å²) in [6.45, 7) is 10.2. The topological polar surface area (TPSA) is 39.7 Å². The van der Waals surface area contributed by atoms with Gasteiger partial charge >= 0.3 is 0 Å². The van der Waals surface area contributed by atoms with Crippen LogP contribution in [0.1, 0.15) is 33.6 Å². The fraction of sp³-hybridized carbons (Fsp3) is 1.00. The Bertz CT molecular complexity index is 156. The zero-order chi connectivity index (χ0) is 12.9. The summed E-state index contributed by atoms with van der Waals surface area (Å²) in [6, 6.07) is 0.513. The van der Waals surface area contributed by atoms with E-state index in [0.717, 1.165) is 13.0 Å². The van der Waals surface area contributed by atoms with Gasteiger partial charge in [-0.05, 0) is 33.2 Å². The van der Waals surface area contributed by atoms with E-state index in [1.807, 2.05) is 0 Å². The lowest BCUT2D eigenvalue weighted by Gasteiger charge is -2.19. The minimum absolute atomic E-state index is 0.278. The van der Waals surface area contributed by atoms with Gasteiger partial charge in [0.1, 0.15) is 0 Å². The molecule has 0 aromatic carbocycles. The summed E-state index contributed by atoms with van der Waals surface area (Å²) in [4.78, 5) is 0. The largest absolute Gasteiger partial charge is 0.382 e. The third kappa shape index (κ3) is 12.1. The molecule has 0 spiro atoms. The lowest BCUT2D eigenvalue weighted by atomic mass is 10.1. The number of rotatable bonds is 12. The lowest BCUT2D eigenvalue weighted by molar-refractivity contribution is -0.00507. The van der Waals surface area contributed by atoms with Gasteiger partial charge in [0.05, 0.1) is 32.5 Å². The Morgan fingerprint density at radius 2 is 1.76 bits per heavy atom. The molecule has 17 heavy (non-hydrogen) atoms. The molecule has 4 heteroatoms. The van der Waals surface area contributed by atoms with E-state index in [4.69, 9.17) is 14.2 Å². The first-order chi connectivity index (χ1) is 8.20. The monoisotopic (exact) mass is 247 g/mol. The normalized spacial score (nSPS) is 14.8. The van der Waals surface area contributed by atoms with Crippen LogP contribution in [0, 0.1) is 0 Å². The minimum Gasteiger partial charge on any atom is -0.382 e. The van der Waals surface area contributed by atoms with Crippen LogP contribution in [0.2, 0.25) is 0 Å². The Labute approximate surface area is 106 Å². The highest BCUT2D eigenvalue weighted by Crippen LogP contribution is 2.02. The second-order valence-electron chi connectivity index (χ2n) is 4.38. The van der Waals surface area contributed by atoms with Gasteiger partial charge in [-0.1, -0.05) is 6.92 Å². The number of hydrogen-bond acceptors (Lipinski definition) is 4. The Morgan fingerprint density at radius 3 is 2.41 bits per heavy atom. The molecule has 0 bridgehead atoms. The second-order valence-corrected chi connectivity index (χ2v) is 4.38. The first kappa shape index (κ1) is 16.8. The van der Waals surface area contributed by atoms with Crippen molar-refractivity contribution in [1.82, 2.24) is 5.32 Å². The third-order valence-corrected chi connectivity index (χ3v) is 2.49. The minimum atomic E-state index is 0.278. The molecule has 0 aromatic heterocycles. The quantitative estimate of drug-likeness (QED) is 0.534. The highest BCUT2D eigenvalue weighted by atomic mass is 16.5. The van der Waals surface area contributed by atoms with E-state index in [9.17, 15) is 0 Å². The number of hydrogen-bond donors (Lipinski definition) is 1. The first-order valence-corrected chi connectivity index (χ1v) is 6.62. The van der Waals surface area contributed by atoms with E-state index >= 15 is 0 Å². The van der Waals surface area contributed by atoms with Crippen molar-refractivity contribution in [3.05, 3.63) is 0 Å². The number of methoxy groups -OCH3 is 1. The van der Waals surface area contributed by atoms with Gasteiger partial charge in [0.15, 0.2) is 0 Å². The van der Waals surface area contributed by atoms with E-state index in [1.165, 1.54) is 6.42 Å². The molecule has 0 amide bonds. The van der Waals surface area contributed by atoms with Crippen LogP contribution < -0.4 is 5.32 Å². The molecule has 0 radical (unpaired) electrons. The van der Waals surface area contributed by atoms with Gasteiger partial charge in [-0.3, -0.25) is 0 Å². The van der Waals surface area contributed by atoms with Crippen LogP contribution in [0.3, 0.4) is 0 Å². The number of nitrogens with one attached hydrogen (secondary N) is 1. The van der Waals surface area contributed by atoms with E-state index < -0.39 is 0 Å². The van der Waals surface area contributed by atoms with Crippen molar-refractivity contribution in [1.29, 1.82) is 0 Å². The van der Waals surface area contributed by atoms with Gasteiger partial charge in [-0.2, -0.15) is 0 Å². The van der Waals surface area contributed by atoms with Crippen LogP contribution in [0.15, 0.2) is 0 Å². The molecular weight excluding hydrogens is 218 g/mol. The molecule has 0 aromatic rings. The lowest BCUT2D eigenvalue weighted by Crippen LogP contribution is -2.31. The molecule has 104 valence electrons. The van der Waals surface area contributed by atoms with Crippen molar-refractivity contribution in [2.45, 2.75) is 45.8 Å². The smallest absolute Gasteiger partial charge is 0.0704 e. The maximum Gasteiger partial charge on any atom is 0.0704 e. The summed E-state index contributed by atoms with van der Waals surface area (Å²) >= 11 is 0. The van der Waals surface area contributed by atoms with E-state index in [-0.39, 0.29) is 6.10 Å². The predicted octanol–water partition coefficient (Wildman–Crippen LogP) is 1.83. The van der Waals surface area contributed by atoms with Crippen LogP contribution in [0.4, 0.5) is 0 Å². The fourth-order valence-corrected chi connectivity index (χ4v) is 1.59. The molecule has 0 aliphatic heterocycles. The van der Waals surface area contributed by atoms with Crippen molar-refractivity contribution in [2.24, 2.45) is 0 Å². The van der Waals surface area contributed by atoms with Crippen LogP contribution >= 0.6 is 0 Å². The van der Waals surface area contributed by atoms with Gasteiger partial charge in [0.2, 0.25) is 0 Å². The molecule has 0 fully saturated rings. The molecular formula is C13H29NO3. The first-order valence-electron chi connectivity index (χ1n) is 6.62. The average molecular weight is 247 g/mol. The predicted molar refractivity (Wildman–Crippen MR) is 70.5 cm³/mol. The highest BCUT2D eigenvalue weighted by molar-refractivity contribution is 4.64. The highest BCUT2D eigenvalue weighted by Gasteiger charge is 2.07. The molecule has 0 heterocycles. The summed E-state index contributed by atoms with van der Waals surface area (Å²) in [5, 5.41) is 3.45. The molecule has 1 N–H and O–H groups in total. The molecule has 4 nitrogen and oxygen atoms in total. The Balaban J connectivity index is 3.30. The van der Waals surface area contributed by atoms with Crippen LogP contribution in [-0.4, -0.2) is 52.2 Å². The summed E-state index contributed by atoms with van der Waals surface area (Å²) in [5.41, 5.74) is 0. The summed E-state index contributed by atoms with van der Waals surface area (Å²) in [7, 11) is 1.67. The van der Waals surface area contributed by atoms with Crippen LogP contribution in [0.5, 0.6) is 0 Å². The van der Waals surface area contributed by atoms with Crippen molar-refractivity contribution < 1.29 is 14.2 Å². The SMILES string of the molecule is CCCNC(C)CC(C)OCCOCCOC. The molecule has 0 saturated heterocycles. The van der Waals surface area contributed by atoms with Crippen molar-refractivity contribution >= 4 is 0 Å². The van der Waals surface area contributed by atoms with Gasteiger partial charge in [0, 0.05) is 13.2 Å². The zero-order valence-electron chi connectivity index (χ0n) is 11.8. The Morgan fingerprint density at radius 1 is 1.06 bits per heavy atom. The van der Waals surface area contributed by atoms with Gasteiger partial charge in [-0.25, -0.2) is 0 Å². The Kier molecular flexibility index (Phi) is 12.2. The zero-order valence-corrected chi connectivity index (χ0v) is 11.8. The van der Waals surface area contributed by atoms with E-state index in [1.54, 1.807) is 7.11 Å². The van der Waals surface area contributed by atoms with Crippen molar-refractivity contribution in [3.63, 3.8) is 0 Å². The van der Waals surface area contributed by atoms with E-state index in [0.29, 0.717) is 32.5 Å². The van der Waals surface area contributed by atoms with Crippen LogP contribution in [0.25, 0.3) is 0 Å². The molecule has 2 unspecified atom stereocenters. The third-order valence-electron chi connectivity index (χ3n) is 2.49. The summed E-state index contributed by atoms with van der Waals surface area (Å²) in [6.07, 6.45) is 2.49. The fourth-order valence-electron chi connectivity index (χ4n) is 1.59. The maximum absolute atomic E-state index is 5.67. The molecule has 0 aliphatic carbocycles. The molecule has 0 saturated carbocycles. The van der Waals surface area contributed by atoms with Gasteiger partial charge in [0.25, 0.3) is 0 Å². The Hall–Kier alpha value is -0.160. The average Bonchev–Trinajstić information content (AvgIpc) is 2.31. The molecule has 2 atom stereocenters. The van der Waals surface area contributed by atoms with E-state index in [2.05, 4.69) is 26.1 Å². The molecule has 0 rings (SSSR count). The van der Waals surface area contributed by atoms with Crippen LogP contribution in [-0.2, 0) is 14.2 Å². The standard InChI is InChI=1S/C13H29NO3/c1-5-6-14-12(2)11-13(3)17-10-9-16-8-7-15-4/h12-14H,5-11H2,1-4H3. The number of ether oxygens (including phenoxy) is 3. The van der Waals surface area contributed by atoms with Gasteiger partial charge in [-0.15, -0.1) is 0 Å². The molecule has 0 aliphatic rings. The summed E-state index contributed by atoms with van der Waals surface area (Å²) in [5.74, 6) is 0. The van der Waals surface area contributed by atoms with Crippen molar-refractivity contribution in [2.75, 3.05) is 40.1 Å². The summed E-state index contributed by atoms with van der Waals surface area (Å²) < 4.78 is 15.9. The van der Waals surface area contributed by atoms with Crippen molar-refractivity contribution in [3.8, 4) is 0 Å². The second kappa shape index (κ2) is 12.3. The maximum atomic E-state index is 5.67.